The first-order valence-electron chi connectivity index (χ1n) is 6.76. The normalized spacial score (nSPS) is 21.4. The third-order valence-electron chi connectivity index (χ3n) is 3.52. The quantitative estimate of drug-likeness (QED) is 0.858. The van der Waals surface area contributed by atoms with Gasteiger partial charge in [-0.25, -0.2) is 0 Å². The lowest BCUT2D eigenvalue weighted by Gasteiger charge is -2.16. The van der Waals surface area contributed by atoms with Gasteiger partial charge in [0, 0.05) is 18.3 Å². The zero-order valence-electron chi connectivity index (χ0n) is 11.2. The van der Waals surface area contributed by atoms with Gasteiger partial charge in [0.15, 0.2) is 0 Å². The molecule has 0 bridgehead atoms. The molecule has 0 radical (unpaired) electrons. The topological polar surface area (TPSA) is 32.3 Å². The Morgan fingerprint density at radius 1 is 1.28 bits per heavy atom. The highest BCUT2D eigenvalue weighted by Gasteiger charge is 2.16. The van der Waals surface area contributed by atoms with E-state index in [1.165, 1.54) is 23.5 Å². The van der Waals surface area contributed by atoms with Crippen molar-refractivity contribution in [3.63, 3.8) is 0 Å². The molecule has 1 heterocycles. The second kappa shape index (κ2) is 6.60. The second-order valence-corrected chi connectivity index (χ2v) is 6.46. The van der Waals surface area contributed by atoms with Crippen molar-refractivity contribution < 1.29 is 5.11 Å². The predicted octanol–water partition coefficient (Wildman–Crippen LogP) is 2.94. The van der Waals surface area contributed by atoms with Crippen molar-refractivity contribution in [2.45, 2.75) is 38.3 Å². The van der Waals surface area contributed by atoms with Gasteiger partial charge in [-0.2, -0.15) is 11.8 Å². The minimum Gasteiger partial charge on any atom is -0.387 e. The van der Waals surface area contributed by atoms with Gasteiger partial charge in [-0.1, -0.05) is 38.1 Å². The van der Waals surface area contributed by atoms with E-state index in [9.17, 15) is 5.11 Å². The summed E-state index contributed by atoms with van der Waals surface area (Å²) in [7, 11) is 0. The van der Waals surface area contributed by atoms with E-state index in [0.717, 1.165) is 5.56 Å². The summed E-state index contributed by atoms with van der Waals surface area (Å²) >= 11 is 1.99. The first kappa shape index (κ1) is 13.9. The van der Waals surface area contributed by atoms with Crippen LogP contribution in [0.5, 0.6) is 0 Å². The van der Waals surface area contributed by atoms with Crippen molar-refractivity contribution in [3.8, 4) is 0 Å². The lowest BCUT2D eigenvalue weighted by molar-refractivity contribution is 0.171. The molecule has 2 atom stereocenters. The first-order chi connectivity index (χ1) is 8.66. The van der Waals surface area contributed by atoms with Crippen LogP contribution < -0.4 is 5.32 Å². The molecule has 1 aliphatic heterocycles. The van der Waals surface area contributed by atoms with Crippen LogP contribution in [0.3, 0.4) is 0 Å². The van der Waals surface area contributed by atoms with Gasteiger partial charge in [-0.05, 0) is 29.2 Å². The van der Waals surface area contributed by atoms with Crippen LogP contribution in [-0.2, 0) is 0 Å². The van der Waals surface area contributed by atoms with E-state index in [1.54, 1.807) is 0 Å². The third-order valence-corrected chi connectivity index (χ3v) is 4.68. The predicted molar refractivity (Wildman–Crippen MR) is 79.2 cm³/mol. The molecule has 0 aliphatic carbocycles. The molecular formula is C15H23NOS. The molecule has 3 heteroatoms. The van der Waals surface area contributed by atoms with Crippen molar-refractivity contribution in [1.82, 2.24) is 5.32 Å². The highest BCUT2D eigenvalue weighted by Crippen LogP contribution is 2.20. The molecule has 100 valence electrons. The van der Waals surface area contributed by atoms with Gasteiger partial charge in [0.25, 0.3) is 0 Å². The summed E-state index contributed by atoms with van der Waals surface area (Å²) in [5, 5.41) is 13.6. The molecule has 0 amide bonds. The molecule has 1 aliphatic rings. The maximum Gasteiger partial charge on any atom is 0.0914 e. The monoisotopic (exact) mass is 265 g/mol. The van der Waals surface area contributed by atoms with E-state index in [2.05, 4.69) is 31.3 Å². The van der Waals surface area contributed by atoms with Crippen molar-refractivity contribution in [3.05, 3.63) is 35.4 Å². The highest BCUT2D eigenvalue weighted by atomic mass is 32.2. The maximum atomic E-state index is 10.1. The van der Waals surface area contributed by atoms with Crippen molar-refractivity contribution in [2.24, 2.45) is 0 Å². The summed E-state index contributed by atoms with van der Waals surface area (Å²) in [5.41, 5.74) is 2.34. The van der Waals surface area contributed by atoms with Gasteiger partial charge in [-0.15, -0.1) is 0 Å². The third kappa shape index (κ3) is 3.74. The van der Waals surface area contributed by atoms with Crippen LogP contribution in [0, 0.1) is 0 Å². The lowest BCUT2D eigenvalue weighted by Crippen LogP contribution is -2.32. The molecule has 2 unspecified atom stereocenters. The lowest BCUT2D eigenvalue weighted by atomic mass is 10.00. The summed E-state index contributed by atoms with van der Waals surface area (Å²) in [5.74, 6) is 2.97. The average Bonchev–Trinajstić information content (AvgIpc) is 2.89. The van der Waals surface area contributed by atoms with Crippen LogP contribution in [0.25, 0.3) is 0 Å². The van der Waals surface area contributed by atoms with Gasteiger partial charge in [-0.3, -0.25) is 0 Å². The van der Waals surface area contributed by atoms with Gasteiger partial charge >= 0.3 is 0 Å². The molecule has 0 spiro atoms. The maximum absolute atomic E-state index is 10.1. The number of aliphatic hydroxyl groups excluding tert-OH is 1. The Kier molecular flexibility index (Phi) is 5.10. The largest absolute Gasteiger partial charge is 0.387 e. The van der Waals surface area contributed by atoms with E-state index in [4.69, 9.17) is 0 Å². The Hall–Kier alpha value is -0.510. The van der Waals surface area contributed by atoms with Gasteiger partial charge in [0.1, 0.15) is 0 Å². The Morgan fingerprint density at radius 2 is 1.94 bits per heavy atom. The molecule has 2 N–H and O–H groups in total. The van der Waals surface area contributed by atoms with Crippen LogP contribution in [0.15, 0.2) is 24.3 Å². The molecule has 0 aromatic heterocycles. The number of benzene rings is 1. The van der Waals surface area contributed by atoms with Crippen molar-refractivity contribution in [1.29, 1.82) is 0 Å². The number of rotatable bonds is 5. The molecule has 0 saturated carbocycles. The second-order valence-electron chi connectivity index (χ2n) is 5.31. The van der Waals surface area contributed by atoms with Crippen molar-refractivity contribution in [2.75, 3.05) is 18.1 Å². The van der Waals surface area contributed by atoms with Crippen LogP contribution >= 0.6 is 11.8 Å². The van der Waals surface area contributed by atoms with Gasteiger partial charge in [0.2, 0.25) is 0 Å². The summed E-state index contributed by atoms with van der Waals surface area (Å²) in [6.07, 6.45) is 0.834. The SMILES string of the molecule is CC(C)c1ccc(C(O)CNC2CCSC2)cc1. The summed E-state index contributed by atoms with van der Waals surface area (Å²) in [6, 6.07) is 8.92. The van der Waals surface area contributed by atoms with Crippen LogP contribution in [0.1, 0.15) is 43.4 Å². The number of nitrogens with one attached hydrogen (secondary N) is 1. The van der Waals surface area contributed by atoms with Crippen molar-refractivity contribution >= 4 is 11.8 Å². The molecule has 1 fully saturated rings. The van der Waals surface area contributed by atoms with E-state index in [0.29, 0.717) is 18.5 Å². The van der Waals surface area contributed by atoms with E-state index >= 15 is 0 Å². The summed E-state index contributed by atoms with van der Waals surface area (Å²) < 4.78 is 0. The van der Waals surface area contributed by atoms with E-state index < -0.39 is 6.10 Å². The molecule has 1 saturated heterocycles. The molecule has 1 aromatic carbocycles. The molecular weight excluding hydrogens is 242 g/mol. The van der Waals surface area contributed by atoms with Crippen LogP contribution in [0.2, 0.25) is 0 Å². The number of hydrogen-bond donors (Lipinski definition) is 2. The van der Waals surface area contributed by atoms with E-state index in [-0.39, 0.29) is 0 Å². The smallest absolute Gasteiger partial charge is 0.0914 e. The molecule has 2 rings (SSSR count). The number of thioether (sulfide) groups is 1. The molecule has 1 aromatic rings. The Balaban J connectivity index is 1.85. The Bertz CT molecular complexity index is 357. The standard InChI is InChI=1S/C15H23NOS/c1-11(2)12-3-5-13(6-4-12)15(17)9-16-14-7-8-18-10-14/h3-6,11,14-17H,7-10H2,1-2H3. The summed E-state index contributed by atoms with van der Waals surface area (Å²) in [4.78, 5) is 0. The van der Waals surface area contributed by atoms with Gasteiger partial charge in [0.05, 0.1) is 6.10 Å². The fourth-order valence-corrected chi connectivity index (χ4v) is 3.38. The van der Waals surface area contributed by atoms with Crippen LogP contribution in [0.4, 0.5) is 0 Å². The number of hydrogen-bond acceptors (Lipinski definition) is 3. The Labute approximate surface area is 114 Å². The zero-order chi connectivity index (χ0) is 13.0. The van der Waals surface area contributed by atoms with Crippen LogP contribution in [-0.4, -0.2) is 29.2 Å². The molecule has 18 heavy (non-hydrogen) atoms. The summed E-state index contributed by atoms with van der Waals surface area (Å²) in [6.45, 7) is 5.03. The average molecular weight is 265 g/mol. The van der Waals surface area contributed by atoms with Gasteiger partial charge < -0.3 is 10.4 Å². The fourth-order valence-electron chi connectivity index (χ4n) is 2.19. The first-order valence-corrected chi connectivity index (χ1v) is 7.91. The zero-order valence-corrected chi connectivity index (χ0v) is 12.0. The molecule has 2 nitrogen and oxygen atoms in total. The fraction of sp³-hybridized carbons (Fsp3) is 0.600. The highest BCUT2D eigenvalue weighted by molar-refractivity contribution is 7.99. The minimum atomic E-state index is -0.392. The number of aliphatic hydroxyl groups is 1. The Morgan fingerprint density at radius 3 is 2.50 bits per heavy atom. The van der Waals surface area contributed by atoms with E-state index in [1.807, 2.05) is 23.9 Å². The minimum absolute atomic E-state index is 0.392.